The van der Waals surface area contributed by atoms with Gasteiger partial charge in [-0.25, -0.2) is 0 Å². The molecule has 1 heterocycles. The highest BCUT2D eigenvalue weighted by atomic mass is 16.1. The highest BCUT2D eigenvalue weighted by Crippen LogP contribution is 2.20. The average Bonchev–Trinajstić information content (AvgIpc) is 2.32. The van der Waals surface area contributed by atoms with Crippen LogP contribution in [0, 0.1) is 5.41 Å². The van der Waals surface area contributed by atoms with Crippen molar-refractivity contribution in [3.05, 3.63) is 0 Å². The van der Waals surface area contributed by atoms with Crippen molar-refractivity contribution in [2.24, 2.45) is 5.41 Å². The van der Waals surface area contributed by atoms with E-state index in [2.05, 4.69) is 18.7 Å². The maximum Gasteiger partial charge on any atom is 0.136 e. The monoisotopic (exact) mass is 197 g/mol. The van der Waals surface area contributed by atoms with Crippen LogP contribution >= 0.6 is 0 Å². The summed E-state index contributed by atoms with van der Waals surface area (Å²) in [5.41, 5.74) is -0.162. The minimum atomic E-state index is -0.162. The molecule has 0 unspecified atom stereocenters. The van der Waals surface area contributed by atoms with E-state index in [0.29, 0.717) is 5.78 Å². The van der Waals surface area contributed by atoms with Crippen molar-refractivity contribution < 1.29 is 4.79 Å². The van der Waals surface area contributed by atoms with E-state index in [0.717, 1.165) is 6.54 Å². The molecule has 0 amide bonds. The summed E-state index contributed by atoms with van der Waals surface area (Å²) < 4.78 is 0. The molecule has 2 heteroatoms. The number of ketones is 1. The van der Waals surface area contributed by atoms with Crippen LogP contribution in [0.3, 0.4) is 0 Å². The molecule has 0 aromatic carbocycles. The first kappa shape index (κ1) is 11.7. The van der Waals surface area contributed by atoms with Gasteiger partial charge in [0, 0.05) is 12.0 Å². The second-order valence-electron chi connectivity index (χ2n) is 5.13. The summed E-state index contributed by atoms with van der Waals surface area (Å²) in [4.78, 5) is 13.9. The molecule has 0 aromatic rings. The van der Waals surface area contributed by atoms with Gasteiger partial charge in [-0.1, -0.05) is 26.7 Å². The zero-order chi connectivity index (χ0) is 10.6. The fourth-order valence-electron chi connectivity index (χ4n) is 1.96. The lowest BCUT2D eigenvalue weighted by Gasteiger charge is -2.29. The fraction of sp³-hybridized carbons (Fsp3) is 0.917. The lowest BCUT2D eigenvalue weighted by molar-refractivity contribution is -0.125. The Labute approximate surface area is 87.7 Å². The maximum atomic E-state index is 11.4. The molecule has 1 aliphatic heterocycles. The van der Waals surface area contributed by atoms with Crippen molar-refractivity contribution in [1.29, 1.82) is 0 Å². The van der Waals surface area contributed by atoms with Gasteiger partial charge in [0.05, 0.1) is 0 Å². The summed E-state index contributed by atoms with van der Waals surface area (Å²) in [5, 5.41) is 0. The molecule has 0 aliphatic carbocycles. The Hall–Kier alpha value is -0.370. The van der Waals surface area contributed by atoms with E-state index in [1.807, 2.05) is 0 Å². The molecule has 0 radical (unpaired) electrons. The van der Waals surface area contributed by atoms with Crippen LogP contribution in [-0.4, -0.2) is 30.3 Å². The average molecular weight is 197 g/mol. The zero-order valence-corrected chi connectivity index (χ0v) is 9.81. The maximum absolute atomic E-state index is 11.4. The number of carbonyl (C=O) groups excluding carboxylic acids is 1. The van der Waals surface area contributed by atoms with Gasteiger partial charge < -0.3 is 4.90 Å². The Kier molecular flexibility index (Phi) is 4.11. The van der Waals surface area contributed by atoms with Gasteiger partial charge in [-0.15, -0.1) is 0 Å². The number of hydrogen-bond acceptors (Lipinski definition) is 2. The predicted octanol–water partition coefficient (Wildman–Crippen LogP) is 2.48. The largest absolute Gasteiger partial charge is 0.302 e. The highest BCUT2D eigenvalue weighted by molar-refractivity contribution is 5.81. The van der Waals surface area contributed by atoms with E-state index in [4.69, 9.17) is 0 Å². The molecule has 2 nitrogen and oxygen atoms in total. The van der Waals surface area contributed by atoms with Gasteiger partial charge in [0.15, 0.2) is 0 Å². The van der Waals surface area contributed by atoms with Crippen LogP contribution in [0.4, 0.5) is 0 Å². The molecule has 1 rings (SSSR count). The van der Waals surface area contributed by atoms with Crippen molar-refractivity contribution in [3.63, 3.8) is 0 Å². The number of nitrogens with zero attached hydrogens (tertiary/aromatic N) is 1. The lowest BCUT2D eigenvalue weighted by atomic mass is 9.88. The summed E-state index contributed by atoms with van der Waals surface area (Å²) in [6.07, 6.45) is 5.32. The van der Waals surface area contributed by atoms with Crippen LogP contribution in [-0.2, 0) is 4.79 Å². The van der Waals surface area contributed by atoms with Gasteiger partial charge in [0.2, 0.25) is 0 Å². The second kappa shape index (κ2) is 4.92. The van der Waals surface area contributed by atoms with E-state index in [9.17, 15) is 4.79 Å². The van der Waals surface area contributed by atoms with Gasteiger partial charge in [-0.3, -0.25) is 4.79 Å². The number of rotatable bonds is 3. The molecule has 0 aromatic heterocycles. The molecule has 1 aliphatic rings. The smallest absolute Gasteiger partial charge is 0.136 e. The number of likely N-dealkylation sites (tertiary alicyclic amines) is 1. The van der Waals surface area contributed by atoms with E-state index < -0.39 is 0 Å². The molecule has 1 saturated heterocycles. The number of hydrogen-bond donors (Lipinski definition) is 0. The summed E-state index contributed by atoms with van der Waals surface area (Å²) in [6, 6.07) is 0. The Morgan fingerprint density at radius 2 is 1.64 bits per heavy atom. The topological polar surface area (TPSA) is 20.3 Å². The van der Waals surface area contributed by atoms with Crippen LogP contribution in [0.5, 0.6) is 0 Å². The van der Waals surface area contributed by atoms with E-state index in [-0.39, 0.29) is 5.41 Å². The van der Waals surface area contributed by atoms with Gasteiger partial charge in [-0.2, -0.15) is 0 Å². The molecule has 0 spiro atoms. The minimum Gasteiger partial charge on any atom is -0.302 e. The lowest BCUT2D eigenvalue weighted by Crippen LogP contribution is -2.38. The van der Waals surface area contributed by atoms with E-state index in [1.165, 1.54) is 38.8 Å². The third kappa shape index (κ3) is 3.41. The third-order valence-corrected chi connectivity index (χ3v) is 3.27. The SMILES string of the molecule is CC(=O)C(C)(C)CN1CCCCCC1. The van der Waals surface area contributed by atoms with Crippen LogP contribution in [0.2, 0.25) is 0 Å². The Balaban J connectivity index is 2.45. The standard InChI is InChI=1S/C12H23NO/c1-11(14)12(2,3)10-13-8-6-4-5-7-9-13/h4-10H2,1-3H3. The Morgan fingerprint density at radius 1 is 1.14 bits per heavy atom. The fourth-order valence-corrected chi connectivity index (χ4v) is 1.96. The first-order chi connectivity index (χ1) is 6.52. The number of carbonyl (C=O) groups is 1. The van der Waals surface area contributed by atoms with Crippen LogP contribution in [0.15, 0.2) is 0 Å². The summed E-state index contributed by atoms with van der Waals surface area (Å²) in [6.45, 7) is 9.11. The number of Topliss-reactive ketones (excluding diaryl/α,β-unsaturated/α-hetero) is 1. The molecule has 14 heavy (non-hydrogen) atoms. The van der Waals surface area contributed by atoms with Crippen LogP contribution in [0.25, 0.3) is 0 Å². The quantitative estimate of drug-likeness (QED) is 0.692. The molecular weight excluding hydrogens is 174 g/mol. The summed E-state index contributed by atoms with van der Waals surface area (Å²) >= 11 is 0. The minimum absolute atomic E-state index is 0.162. The van der Waals surface area contributed by atoms with Crippen molar-refractivity contribution in [2.45, 2.75) is 46.5 Å². The van der Waals surface area contributed by atoms with Gasteiger partial charge in [0.1, 0.15) is 5.78 Å². The van der Waals surface area contributed by atoms with Gasteiger partial charge in [-0.05, 0) is 32.9 Å². The predicted molar refractivity (Wildman–Crippen MR) is 59.4 cm³/mol. The Morgan fingerprint density at radius 3 is 2.07 bits per heavy atom. The zero-order valence-electron chi connectivity index (χ0n) is 9.81. The summed E-state index contributed by atoms with van der Waals surface area (Å²) in [5.74, 6) is 0.307. The van der Waals surface area contributed by atoms with Crippen molar-refractivity contribution in [1.82, 2.24) is 4.90 Å². The molecular formula is C12H23NO. The highest BCUT2D eigenvalue weighted by Gasteiger charge is 2.26. The molecule has 0 saturated carbocycles. The van der Waals surface area contributed by atoms with Gasteiger partial charge >= 0.3 is 0 Å². The van der Waals surface area contributed by atoms with Gasteiger partial charge in [0.25, 0.3) is 0 Å². The molecule has 0 atom stereocenters. The third-order valence-electron chi connectivity index (χ3n) is 3.27. The second-order valence-corrected chi connectivity index (χ2v) is 5.13. The first-order valence-electron chi connectivity index (χ1n) is 5.76. The van der Waals surface area contributed by atoms with Crippen molar-refractivity contribution in [3.8, 4) is 0 Å². The van der Waals surface area contributed by atoms with Crippen molar-refractivity contribution in [2.75, 3.05) is 19.6 Å². The van der Waals surface area contributed by atoms with Crippen molar-refractivity contribution >= 4 is 5.78 Å². The molecule has 0 bridgehead atoms. The first-order valence-corrected chi connectivity index (χ1v) is 5.76. The summed E-state index contributed by atoms with van der Waals surface area (Å²) in [7, 11) is 0. The van der Waals surface area contributed by atoms with E-state index in [1.54, 1.807) is 6.92 Å². The van der Waals surface area contributed by atoms with E-state index >= 15 is 0 Å². The van der Waals surface area contributed by atoms with Crippen LogP contribution in [0.1, 0.15) is 46.5 Å². The molecule has 82 valence electrons. The normalized spacial score (nSPS) is 20.5. The molecule has 0 N–H and O–H groups in total. The Bertz CT molecular complexity index is 190. The van der Waals surface area contributed by atoms with Crippen LogP contribution < -0.4 is 0 Å². The molecule has 1 fully saturated rings.